The van der Waals surface area contributed by atoms with Crippen LogP contribution in [-0.2, 0) is 6.42 Å². The van der Waals surface area contributed by atoms with E-state index in [0.717, 1.165) is 18.2 Å². The average Bonchev–Trinajstić information content (AvgIpc) is 2.18. The molecule has 1 aromatic rings. The van der Waals surface area contributed by atoms with Gasteiger partial charge in [-0.25, -0.2) is 4.39 Å². The number of hydrogen-bond acceptors (Lipinski definition) is 3. The maximum absolute atomic E-state index is 13.2. The van der Waals surface area contributed by atoms with Crippen LogP contribution >= 0.6 is 0 Å². The number of rotatable bonds is 3. The lowest BCUT2D eigenvalue weighted by Gasteiger charge is -2.14. The summed E-state index contributed by atoms with van der Waals surface area (Å²) >= 11 is 0. The summed E-state index contributed by atoms with van der Waals surface area (Å²) in [6, 6.07) is 2.68. The highest BCUT2D eigenvalue weighted by Gasteiger charge is 2.39. The molecular formula is C9H7F4NO3. The summed E-state index contributed by atoms with van der Waals surface area (Å²) in [5, 5.41) is 19.2. The molecule has 1 atom stereocenters. The summed E-state index contributed by atoms with van der Waals surface area (Å²) in [5.41, 5.74) is -1.55. The van der Waals surface area contributed by atoms with Crippen molar-refractivity contribution in [1.82, 2.24) is 0 Å². The number of alkyl halides is 3. The maximum Gasteiger partial charge on any atom is 0.414 e. The van der Waals surface area contributed by atoms with E-state index >= 15 is 0 Å². The molecule has 1 aromatic carbocycles. The Bertz CT molecular complexity index is 433. The lowest BCUT2D eigenvalue weighted by atomic mass is 10.0. The highest BCUT2D eigenvalue weighted by molar-refractivity contribution is 5.41. The molecule has 0 radical (unpaired) electrons. The smallest absolute Gasteiger partial charge is 0.383 e. The Kier molecular flexibility index (Phi) is 3.66. The van der Waals surface area contributed by atoms with Crippen LogP contribution in [0.1, 0.15) is 5.56 Å². The zero-order chi connectivity index (χ0) is 13.2. The summed E-state index contributed by atoms with van der Waals surface area (Å²) in [6.45, 7) is 0. The fourth-order valence-corrected chi connectivity index (χ4v) is 1.23. The summed E-state index contributed by atoms with van der Waals surface area (Å²) in [4.78, 5) is 9.48. The number of halogens is 4. The van der Waals surface area contributed by atoms with Gasteiger partial charge in [-0.2, -0.15) is 13.2 Å². The fourth-order valence-electron chi connectivity index (χ4n) is 1.23. The van der Waals surface area contributed by atoms with Gasteiger partial charge in [-0.15, -0.1) is 0 Å². The maximum atomic E-state index is 13.2. The minimum absolute atomic E-state index is 0.762. The second-order valence-electron chi connectivity index (χ2n) is 3.26. The van der Waals surface area contributed by atoms with E-state index in [2.05, 4.69) is 0 Å². The number of nitrogens with zero attached hydrogens (tertiary/aromatic N) is 1. The third-order valence-corrected chi connectivity index (χ3v) is 2.07. The third kappa shape index (κ3) is 3.13. The van der Waals surface area contributed by atoms with Crippen LogP contribution in [0, 0.1) is 15.9 Å². The lowest BCUT2D eigenvalue weighted by molar-refractivity contribution is -0.386. The van der Waals surface area contributed by atoms with Crippen molar-refractivity contribution in [3.8, 4) is 0 Å². The average molecular weight is 253 g/mol. The number of hydrogen-bond donors (Lipinski definition) is 1. The summed E-state index contributed by atoms with van der Waals surface area (Å²) in [5.74, 6) is -1.15. The van der Waals surface area contributed by atoms with Gasteiger partial charge in [-0.3, -0.25) is 10.1 Å². The largest absolute Gasteiger partial charge is 0.414 e. The van der Waals surface area contributed by atoms with Gasteiger partial charge in [0.05, 0.1) is 10.5 Å². The van der Waals surface area contributed by atoms with Crippen LogP contribution in [0.2, 0.25) is 0 Å². The van der Waals surface area contributed by atoms with E-state index in [4.69, 9.17) is 5.11 Å². The molecular weight excluding hydrogens is 246 g/mol. The molecule has 0 amide bonds. The van der Waals surface area contributed by atoms with Crippen molar-refractivity contribution in [3.63, 3.8) is 0 Å². The Morgan fingerprint density at radius 3 is 2.47 bits per heavy atom. The molecule has 0 fully saturated rings. The third-order valence-electron chi connectivity index (χ3n) is 2.07. The molecule has 0 saturated heterocycles. The van der Waals surface area contributed by atoms with Gasteiger partial charge in [0.1, 0.15) is 5.82 Å². The van der Waals surface area contributed by atoms with Crippen LogP contribution in [0.15, 0.2) is 18.2 Å². The predicted octanol–water partition coefficient (Wildman–Crippen LogP) is 2.20. The first kappa shape index (κ1) is 13.4. The van der Waals surface area contributed by atoms with Crippen molar-refractivity contribution in [2.45, 2.75) is 18.7 Å². The normalized spacial score (nSPS) is 13.5. The molecule has 94 valence electrons. The second-order valence-corrected chi connectivity index (χ2v) is 3.26. The number of nitro groups is 1. The number of nitro benzene ring substituents is 1. The summed E-state index contributed by atoms with van der Waals surface area (Å²) in [6.07, 6.45) is -8.97. The van der Waals surface area contributed by atoms with Crippen LogP contribution in [0.4, 0.5) is 23.2 Å². The van der Waals surface area contributed by atoms with Crippen molar-refractivity contribution in [2.24, 2.45) is 0 Å². The van der Waals surface area contributed by atoms with Crippen molar-refractivity contribution in [2.75, 3.05) is 0 Å². The first-order valence-electron chi connectivity index (χ1n) is 4.40. The van der Waals surface area contributed by atoms with Gasteiger partial charge in [0.25, 0.3) is 5.69 Å². The molecule has 0 aromatic heterocycles. The quantitative estimate of drug-likeness (QED) is 0.510. The molecule has 0 bridgehead atoms. The minimum atomic E-state index is -4.95. The van der Waals surface area contributed by atoms with Crippen LogP contribution < -0.4 is 0 Å². The minimum Gasteiger partial charge on any atom is -0.383 e. The molecule has 0 spiro atoms. The van der Waals surface area contributed by atoms with E-state index in [0.29, 0.717) is 0 Å². The van der Waals surface area contributed by atoms with Gasteiger partial charge >= 0.3 is 6.18 Å². The van der Waals surface area contributed by atoms with Gasteiger partial charge in [0.15, 0.2) is 6.10 Å². The molecule has 1 unspecified atom stereocenters. The SMILES string of the molecule is O=[N+]([O-])c1cccc(F)c1CC(O)C(F)(F)F. The number of benzene rings is 1. The van der Waals surface area contributed by atoms with E-state index in [1.54, 1.807) is 0 Å². The Labute approximate surface area is 92.6 Å². The summed E-state index contributed by atoms with van der Waals surface area (Å²) in [7, 11) is 0. The second kappa shape index (κ2) is 4.66. The van der Waals surface area contributed by atoms with E-state index in [1.165, 1.54) is 0 Å². The van der Waals surface area contributed by atoms with E-state index in [-0.39, 0.29) is 0 Å². The predicted molar refractivity (Wildman–Crippen MR) is 48.8 cm³/mol. The van der Waals surface area contributed by atoms with Crippen molar-refractivity contribution >= 4 is 5.69 Å². The Morgan fingerprint density at radius 1 is 1.41 bits per heavy atom. The van der Waals surface area contributed by atoms with Crippen LogP contribution in [0.25, 0.3) is 0 Å². The van der Waals surface area contributed by atoms with Gasteiger partial charge in [0, 0.05) is 12.5 Å². The van der Waals surface area contributed by atoms with Crippen molar-refractivity contribution in [1.29, 1.82) is 0 Å². The lowest BCUT2D eigenvalue weighted by Crippen LogP contribution is -2.31. The molecule has 1 rings (SSSR count). The van der Waals surface area contributed by atoms with Crippen LogP contribution in [0.5, 0.6) is 0 Å². The molecule has 0 heterocycles. The topological polar surface area (TPSA) is 63.4 Å². The van der Waals surface area contributed by atoms with Gasteiger partial charge in [-0.1, -0.05) is 6.07 Å². The molecule has 8 heteroatoms. The molecule has 17 heavy (non-hydrogen) atoms. The van der Waals surface area contributed by atoms with E-state index in [1.807, 2.05) is 0 Å². The highest BCUT2D eigenvalue weighted by Crippen LogP contribution is 2.28. The van der Waals surface area contributed by atoms with Crippen molar-refractivity contribution < 1.29 is 27.6 Å². The molecule has 0 aliphatic heterocycles. The Morgan fingerprint density at radius 2 is 2.00 bits per heavy atom. The molecule has 1 N–H and O–H groups in total. The monoisotopic (exact) mass is 253 g/mol. The molecule has 0 aliphatic rings. The van der Waals surface area contributed by atoms with Crippen LogP contribution in [-0.4, -0.2) is 22.3 Å². The molecule has 0 saturated carbocycles. The zero-order valence-corrected chi connectivity index (χ0v) is 8.24. The number of aliphatic hydroxyl groups excluding tert-OH is 1. The van der Waals surface area contributed by atoms with E-state index < -0.39 is 40.7 Å². The highest BCUT2D eigenvalue weighted by atomic mass is 19.4. The zero-order valence-electron chi connectivity index (χ0n) is 8.24. The molecule has 4 nitrogen and oxygen atoms in total. The van der Waals surface area contributed by atoms with Gasteiger partial charge in [0.2, 0.25) is 0 Å². The van der Waals surface area contributed by atoms with Crippen LogP contribution in [0.3, 0.4) is 0 Å². The number of aliphatic hydroxyl groups is 1. The Balaban J connectivity index is 3.09. The van der Waals surface area contributed by atoms with Gasteiger partial charge < -0.3 is 5.11 Å². The standard InChI is InChI=1S/C9H7F4NO3/c10-6-2-1-3-7(14(16)17)5(6)4-8(15)9(11,12)13/h1-3,8,15H,4H2. The fraction of sp³-hybridized carbons (Fsp3) is 0.333. The molecule has 0 aliphatic carbocycles. The van der Waals surface area contributed by atoms with Crippen molar-refractivity contribution in [3.05, 3.63) is 39.7 Å². The van der Waals surface area contributed by atoms with E-state index in [9.17, 15) is 27.7 Å². The Hall–Kier alpha value is -1.70. The van der Waals surface area contributed by atoms with Gasteiger partial charge in [-0.05, 0) is 6.07 Å². The summed E-state index contributed by atoms with van der Waals surface area (Å²) < 4.78 is 49.3. The first-order chi connectivity index (χ1) is 7.73. The first-order valence-corrected chi connectivity index (χ1v) is 4.40.